The maximum atomic E-state index is 12.9. The summed E-state index contributed by atoms with van der Waals surface area (Å²) in [5.41, 5.74) is 3.64. The van der Waals surface area contributed by atoms with Gasteiger partial charge >= 0.3 is 0 Å². The smallest absolute Gasteiger partial charge is 0.255 e. The fourth-order valence-corrected chi connectivity index (χ4v) is 3.51. The zero-order valence-corrected chi connectivity index (χ0v) is 17.0. The number of amides is 2. The lowest BCUT2D eigenvalue weighted by atomic mass is 9.98. The average molecular weight is 380 g/mol. The largest absolute Gasteiger partial charge is 0.353 e. The van der Waals surface area contributed by atoms with Crippen LogP contribution in [0.3, 0.4) is 0 Å². The van der Waals surface area contributed by atoms with E-state index < -0.39 is 0 Å². The van der Waals surface area contributed by atoms with E-state index in [0.29, 0.717) is 37.7 Å². The molecule has 1 fully saturated rings. The molecule has 1 aliphatic heterocycles. The number of aromatic nitrogens is 1. The van der Waals surface area contributed by atoms with E-state index in [-0.39, 0.29) is 11.8 Å². The SMILES string of the molecule is CC(=O)N1CCN(c2cc(C(=O)Nc3c(C)cccc3C(C)C)ccn2)CC1. The molecule has 3 rings (SSSR count). The molecular weight excluding hydrogens is 352 g/mol. The third-order valence-corrected chi connectivity index (χ3v) is 5.22. The molecule has 1 aromatic heterocycles. The number of carbonyl (C=O) groups is 2. The highest BCUT2D eigenvalue weighted by Gasteiger charge is 2.20. The van der Waals surface area contributed by atoms with Crippen LogP contribution in [0.15, 0.2) is 36.5 Å². The predicted octanol–water partition coefficient (Wildman–Crippen LogP) is 3.43. The number of hydrogen-bond acceptors (Lipinski definition) is 4. The molecule has 0 saturated carbocycles. The van der Waals surface area contributed by atoms with Gasteiger partial charge in [0.15, 0.2) is 0 Å². The fraction of sp³-hybridized carbons (Fsp3) is 0.409. The quantitative estimate of drug-likeness (QED) is 0.882. The van der Waals surface area contributed by atoms with Gasteiger partial charge in [0.05, 0.1) is 0 Å². The van der Waals surface area contributed by atoms with Gasteiger partial charge in [0.1, 0.15) is 5.82 Å². The number of pyridine rings is 1. The molecule has 1 aliphatic rings. The number of para-hydroxylation sites is 1. The van der Waals surface area contributed by atoms with Crippen molar-refractivity contribution in [2.75, 3.05) is 36.4 Å². The monoisotopic (exact) mass is 380 g/mol. The van der Waals surface area contributed by atoms with Crippen molar-refractivity contribution >= 4 is 23.3 Å². The molecule has 2 aromatic rings. The van der Waals surface area contributed by atoms with Crippen LogP contribution in [0.25, 0.3) is 0 Å². The molecule has 0 spiro atoms. The summed E-state index contributed by atoms with van der Waals surface area (Å²) in [6.45, 7) is 10.6. The summed E-state index contributed by atoms with van der Waals surface area (Å²) in [7, 11) is 0. The molecule has 0 unspecified atom stereocenters. The second kappa shape index (κ2) is 8.42. The summed E-state index contributed by atoms with van der Waals surface area (Å²) in [6, 6.07) is 9.64. The third kappa shape index (κ3) is 4.32. The highest BCUT2D eigenvalue weighted by molar-refractivity contribution is 6.05. The fourth-order valence-electron chi connectivity index (χ4n) is 3.51. The molecule has 6 heteroatoms. The van der Waals surface area contributed by atoms with Gasteiger partial charge in [-0.3, -0.25) is 9.59 Å². The summed E-state index contributed by atoms with van der Waals surface area (Å²) >= 11 is 0. The number of hydrogen-bond donors (Lipinski definition) is 1. The first-order valence-electron chi connectivity index (χ1n) is 9.74. The molecule has 6 nitrogen and oxygen atoms in total. The molecule has 148 valence electrons. The number of nitrogens with one attached hydrogen (secondary N) is 1. The van der Waals surface area contributed by atoms with Gasteiger partial charge in [-0.15, -0.1) is 0 Å². The van der Waals surface area contributed by atoms with Crippen molar-refractivity contribution in [3.63, 3.8) is 0 Å². The van der Waals surface area contributed by atoms with Crippen LogP contribution in [-0.4, -0.2) is 47.9 Å². The van der Waals surface area contributed by atoms with Crippen LogP contribution in [0.2, 0.25) is 0 Å². The van der Waals surface area contributed by atoms with E-state index in [9.17, 15) is 9.59 Å². The zero-order chi connectivity index (χ0) is 20.3. The van der Waals surface area contributed by atoms with Gasteiger partial charge in [0.25, 0.3) is 5.91 Å². The molecule has 0 bridgehead atoms. The Bertz CT molecular complexity index is 871. The molecule has 2 heterocycles. The Hall–Kier alpha value is -2.89. The minimum absolute atomic E-state index is 0.0972. The highest BCUT2D eigenvalue weighted by atomic mass is 16.2. The van der Waals surface area contributed by atoms with Crippen molar-refractivity contribution in [1.82, 2.24) is 9.88 Å². The van der Waals surface area contributed by atoms with Gasteiger partial charge in [0, 0.05) is 50.6 Å². The average Bonchev–Trinajstić information content (AvgIpc) is 2.69. The number of rotatable bonds is 4. The minimum atomic E-state index is -0.137. The van der Waals surface area contributed by atoms with Gasteiger partial charge in [-0.05, 0) is 36.1 Å². The summed E-state index contributed by atoms with van der Waals surface area (Å²) in [5, 5.41) is 3.09. The Morgan fingerprint density at radius 1 is 1.11 bits per heavy atom. The highest BCUT2D eigenvalue weighted by Crippen LogP contribution is 2.28. The maximum absolute atomic E-state index is 12.9. The van der Waals surface area contributed by atoms with Crippen molar-refractivity contribution in [1.29, 1.82) is 0 Å². The van der Waals surface area contributed by atoms with Crippen LogP contribution in [-0.2, 0) is 4.79 Å². The predicted molar refractivity (Wildman–Crippen MR) is 112 cm³/mol. The van der Waals surface area contributed by atoms with Crippen LogP contribution >= 0.6 is 0 Å². The van der Waals surface area contributed by atoms with Gasteiger partial charge in [-0.1, -0.05) is 32.0 Å². The lowest BCUT2D eigenvalue weighted by Gasteiger charge is -2.35. The lowest BCUT2D eigenvalue weighted by molar-refractivity contribution is -0.129. The van der Waals surface area contributed by atoms with E-state index in [0.717, 1.165) is 22.6 Å². The van der Waals surface area contributed by atoms with Crippen LogP contribution in [0.4, 0.5) is 11.5 Å². The van der Waals surface area contributed by atoms with Crippen molar-refractivity contribution in [2.24, 2.45) is 0 Å². The summed E-state index contributed by atoms with van der Waals surface area (Å²) in [5.74, 6) is 1.05. The summed E-state index contributed by atoms with van der Waals surface area (Å²) < 4.78 is 0. The number of benzene rings is 1. The number of aryl methyl sites for hydroxylation is 1. The molecule has 0 atom stereocenters. The van der Waals surface area contributed by atoms with Crippen molar-refractivity contribution in [3.05, 3.63) is 53.2 Å². The van der Waals surface area contributed by atoms with Gasteiger partial charge < -0.3 is 15.1 Å². The number of anilines is 2. The molecule has 28 heavy (non-hydrogen) atoms. The van der Waals surface area contributed by atoms with Crippen LogP contribution in [0.1, 0.15) is 48.2 Å². The second-order valence-corrected chi connectivity index (χ2v) is 7.54. The first-order chi connectivity index (χ1) is 13.4. The summed E-state index contributed by atoms with van der Waals surface area (Å²) in [6.07, 6.45) is 1.67. The lowest BCUT2D eigenvalue weighted by Crippen LogP contribution is -2.48. The van der Waals surface area contributed by atoms with E-state index in [4.69, 9.17) is 0 Å². The molecular formula is C22H28N4O2. The third-order valence-electron chi connectivity index (χ3n) is 5.22. The van der Waals surface area contributed by atoms with E-state index in [1.54, 1.807) is 19.2 Å². The van der Waals surface area contributed by atoms with E-state index in [2.05, 4.69) is 35.1 Å². The van der Waals surface area contributed by atoms with Gasteiger partial charge in [-0.2, -0.15) is 0 Å². The van der Waals surface area contributed by atoms with E-state index >= 15 is 0 Å². The van der Waals surface area contributed by atoms with Crippen LogP contribution in [0, 0.1) is 6.92 Å². The zero-order valence-electron chi connectivity index (χ0n) is 17.0. The normalized spacial score (nSPS) is 14.3. The van der Waals surface area contributed by atoms with Crippen molar-refractivity contribution < 1.29 is 9.59 Å². The van der Waals surface area contributed by atoms with E-state index in [1.165, 1.54) is 0 Å². The van der Waals surface area contributed by atoms with Crippen molar-refractivity contribution in [2.45, 2.75) is 33.6 Å². The number of carbonyl (C=O) groups excluding carboxylic acids is 2. The van der Waals surface area contributed by atoms with E-state index in [1.807, 2.05) is 30.0 Å². The Morgan fingerprint density at radius 3 is 2.46 bits per heavy atom. The molecule has 1 aromatic carbocycles. The van der Waals surface area contributed by atoms with Gasteiger partial charge in [-0.25, -0.2) is 4.98 Å². The maximum Gasteiger partial charge on any atom is 0.255 e. The number of nitrogens with zero attached hydrogens (tertiary/aromatic N) is 3. The first-order valence-corrected chi connectivity index (χ1v) is 9.74. The van der Waals surface area contributed by atoms with Gasteiger partial charge in [0.2, 0.25) is 5.91 Å². The van der Waals surface area contributed by atoms with Crippen molar-refractivity contribution in [3.8, 4) is 0 Å². The topological polar surface area (TPSA) is 65.5 Å². The molecule has 1 N–H and O–H groups in total. The first kappa shape index (κ1) is 19.9. The Kier molecular flexibility index (Phi) is 5.97. The van der Waals surface area contributed by atoms with Crippen LogP contribution in [0.5, 0.6) is 0 Å². The summed E-state index contributed by atoms with van der Waals surface area (Å²) in [4.78, 5) is 32.8. The van der Waals surface area contributed by atoms with Crippen LogP contribution < -0.4 is 10.2 Å². The Morgan fingerprint density at radius 2 is 1.82 bits per heavy atom. The molecule has 1 saturated heterocycles. The standard InChI is InChI=1S/C22H28N4O2/c1-15(2)19-7-5-6-16(3)21(19)24-22(28)18-8-9-23-20(14-18)26-12-10-25(11-13-26)17(4)27/h5-9,14-15H,10-13H2,1-4H3,(H,24,28). The minimum Gasteiger partial charge on any atom is -0.353 e. The Balaban J connectivity index is 1.76. The second-order valence-electron chi connectivity index (χ2n) is 7.54. The molecule has 0 radical (unpaired) electrons. The molecule has 2 amide bonds. The molecule has 0 aliphatic carbocycles. The Labute approximate surface area is 166 Å². The number of piperazine rings is 1.